The van der Waals surface area contributed by atoms with Crippen molar-refractivity contribution in [3.8, 4) is 5.75 Å². The van der Waals surface area contributed by atoms with Gasteiger partial charge in [-0.15, -0.1) is 0 Å². The van der Waals surface area contributed by atoms with Crippen molar-refractivity contribution in [3.05, 3.63) is 28.0 Å². The van der Waals surface area contributed by atoms with E-state index in [0.717, 1.165) is 4.47 Å². The summed E-state index contributed by atoms with van der Waals surface area (Å²) in [4.78, 5) is 0. The lowest BCUT2D eigenvalue weighted by Gasteiger charge is -2.19. The van der Waals surface area contributed by atoms with E-state index in [2.05, 4.69) is 15.9 Å². The molecule has 2 nitrogen and oxygen atoms in total. The first kappa shape index (κ1) is 12.5. The van der Waals surface area contributed by atoms with Gasteiger partial charge in [-0.05, 0) is 38.0 Å². The molecule has 0 saturated carbocycles. The predicted octanol–water partition coefficient (Wildman–Crippen LogP) is 2.88. The molecule has 84 valence electrons. The number of benzene rings is 1. The summed E-state index contributed by atoms with van der Waals surface area (Å²) in [5.74, 6) is -0.0946. The SMILES string of the molecule is COc1cc(Br)cc(CC(C)(C)N)c1F. The van der Waals surface area contributed by atoms with Gasteiger partial charge in [0, 0.05) is 10.0 Å². The van der Waals surface area contributed by atoms with Crippen molar-refractivity contribution in [2.75, 3.05) is 7.11 Å². The van der Waals surface area contributed by atoms with E-state index in [1.165, 1.54) is 7.11 Å². The lowest BCUT2D eigenvalue weighted by atomic mass is 9.96. The maximum absolute atomic E-state index is 13.8. The zero-order valence-corrected chi connectivity index (χ0v) is 10.7. The molecular weight excluding hydrogens is 261 g/mol. The van der Waals surface area contributed by atoms with E-state index in [0.29, 0.717) is 12.0 Å². The number of nitrogens with two attached hydrogens (primary N) is 1. The van der Waals surface area contributed by atoms with Crippen LogP contribution < -0.4 is 10.5 Å². The highest BCUT2D eigenvalue weighted by Gasteiger charge is 2.17. The summed E-state index contributed by atoms with van der Waals surface area (Å²) in [5, 5.41) is 0. The fourth-order valence-corrected chi connectivity index (χ4v) is 1.87. The van der Waals surface area contributed by atoms with E-state index in [1.807, 2.05) is 13.8 Å². The number of rotatable bonds is 3. The molecule has 0 amide bonds. The van der Waals surface area contributed by atoms with Crippen molar-refractivity contribution in [1.29, 1.82) is 0 Å². The van der Waals surface area contributed by atoms with Crippen molar-refractivity contribution in [1.82, 2.24) is 0 Å². The highest BCUT2D eigenvalue weighted by Crippen LogP contribution is 2.27. The minimum Gasteiger partial charge on any atom is -0.494 e. The van der Waals surface area contributed by atoms with E-state index in [4.69, 9.17) is 10.5 Å². The van der Waals surface area contributed by atoms with Gasteiger partial charge in [0.05, 0.1) is 7.11 Å². The van der Waals surface area contributed by atoms with E-state index in [1.54, 1.807) is 12.1 Å². The van der Waals surface area contributed by atoms with Crippen LogP contribution in [0.5, 0.6) is 5.75 Å². The summed E-state index contributed by atoms with van der Waals surface area (Å²) in [6.07, 6.45) is 0.467. The maximum atomic E-state index is 13.8. The van der Waals surface area contributed by atoms with Crippen LogP contribution in [-0.4, -0.2) is 12.6 Å². The van der Waals surface area contributed by atoms with Crippen LogP contribution in [0.25, 0.3) is 0 Å². The maximum Gasteiger partial charge on any atom is 0.168 e. The van der Waals surface area contributed by atoms with Gasteiger partial charge < -0.3 is 10.5 Å². The molecule has 0 heterocycles. The molecule has 0 bridgehead atoms. The Morgan fingerprint density at radius 1 is 1.47 bits per heavy atom. The number of halogens is 2. The Bertz CT molecular complexity index is 360. The molecule has 0 radical (unpaired) electrons. The molecule has 1 rings (SSSR count). The lowest BCUT2D eigenvalue weighted by Crippen LogP contribution is -2.34. The molecule has 1 aromatic carbocycles. The topological polar surface area (TPSA) is 35.2 Å². The minimum atomic E-state index is -0.438. The molecule has 0 aromatic heterocycles. The third-order valence-electron chi connectivity index (χ3n) is 1.95. The third kappa shape index (κ3) is 3.47. The summed E-state index contributed by atoms with van der Waals surface area (Å²) in [5.41, 5.74) is 5.98. The van der Waals surface area contributed by atoms with Gasteiger partial charge in [0.25, 0.3) is 0 Å². The van der Waals surface area contributed by atoms with Crippen LogP contribution in [0.4, 0.5) is 4.39 Å². The number of ether oxygens (including phenoxy) is 1. The fraction of sp³-hybridized carbons (Fsp3) is 0.455. The van der Waals surface area contributed by atoms with Crippen LogP contribution in [0.1, 0.15) is 19.4 Å². The van der Waals surface area contributed by atoms with Crippen molar-refractivity contribution in [2.45, 2.75) is 25.8 Å². The van der Waals surface area contributed by atoms with Gasteiger partial charge in [-0.25, -0.2) is 4.39 Å². The van der Waals surface area contributed by atoms with Gasteiger partial charge >= 0.3 is 0 Å². The Kier molecular flexibility index (Phi) is 3.73. The first-order valence-electron chi connectivity index (χ1n) is 4.64. The van der Waals surface area contributed by atoms with E-state index in [9.17, 15) is 4.39 Å². The molecule has 1 aromatic rings. The van der Waals surface area contributed by atoms with Crippen molar-refractivity contribution >= 4 is 15.9 Å². The first-order chi connectivity index (χ1) is 6.83. The molecule has 0 atom stereocenters. The minimum absolute atomic E-state index is 0.239. The zero-order chi connectivity index (χ0) is 11.6. The molecule has 0 aliphatic rings. The van der Waals surface area contributed by atoms with E-state index >= 15 is 0 Å². The first-order valence-corrected chi connectivity index (χ1v) is 5.43. The molecule has 4 heteroatoms. The summed E-state index contributed by atoms with van der Waals surface area (Å²) in [6, 6.07) is 3.33. The Labute approximate surface area is 97.7 Å². The molecule has 0 aliphatic heterocycles. The van der Waals surface area contributed by atoms with Gasteiger partial charge in [0.2, 0.25) is 0 Å². The fourth-order valence-electron chi connectivity index (χ4n) is 1.39. The largest absolute Gasteiger partial charge is 0.494 e. The second-order valence-electron chi connectivity index (χ2n) is 4.25. The molecule has 15 heavy (non-hydrogen) atoms. The van der Waals surface area contributed by atoms with Crippen LogP contribution in [0, 0.1) is 5.82 Å². The van der Waals surface area contributed by atoms with Crippen molar-refractivity contribution in [3.63, 3.8) is 0 Å². The van der Waals surface area contributed by atoms with Gasteiger partial charge in [0.1, 0.15) is 0 Å². The van der Waals surface area contributed by atoms with Gasteiger partial charge in [-0.1, -0.05) is 15.9 Å². The smallest absolute Gasteiger partial charge is 0.168 e. The van der Waals surface area contributed by atoms with Gasteiger partial charge in [-0.3, -0.25) is 0 Å². The Morgan fingerprint density at radius 2 is 2.07 bits per heavy atom. The molecule has 0 unspecified atom stereocenters. The second-order valence-corrected chi connectivity index (χ2v) is 5.16. The molecular formula is C11H15BrFNO. The Hall–Kier alpha value is -0.610. The Balaban J connectivity index is 3.12. The third-order valence-corrected chi connectivity index (χ3v) is 2.40. The molecule has 0 spiro atoms. The standard InChI is InChI=1S/C11H15BrFNO/c1-11(2,14)6-7-4-8(12)5-9(15-3)10(7)13/h4-5H,6,14H2,1-3H3. The van der Waals surface area contributed by atoms with Gasteiger partial charge in [0.15, 0.2) is 11.6 Å². The molecule has 0 aliphatic carbocycles. The highest BCUT2D eigenvalue weighted by atomic mass is 79.9. The van der Waals surface area contributed by atoms with Crippen LogP contribution in [-0.2, 0) is 6.42 Å². The molecule has 2 N–H and O–H groups in total. The van der Waals surface area contributed by atoms with Crippen molar-refractivity contribution < 1.29 is 9.13 Å². The van der Waals surface area contributed by atoms with E-state index < -0.39 is 5.54 Å². The quantitative estimate of drug-likeness (QED) is 0.921. The van der Waals surface area contributed by atoms with Crippen LogP contribution in [0.15, 0.2) is 16.6 Å². The number of hydrogen-bond acceptors (Lipinski definition) is 2. The summed E-state index contributed by atoms with van der Waals surface area (Å²) >= 11 is 3.31. The monoisotopic (exact) mass is 275 g/mol. The van der Waals surface area contributed by atoms with E-state index in [-0.39, 0.29) is 11.6 Å². The van der Waals surface area contributed by atoms with Crippen LogP contribution >= 0.6 is 15.9 Å². The second kappa shape index (κ2) is 4.49. The summed E-state index contributed by atoms with van der Waals surface area (Å²) in [6.45, 7) is 3.72. The summed E-state index contributed by atoms with van der Waals surface area (Å²) < 4.78 is 19.5. The predicted molar refractivity (Wildman–Crippen MR) is 62.6 cm³/mol. The van der Waals surface area contributed by atoms with Crippen LogP contribution in [0.3, 0.4) is 0 Å². The number of hydrogen-bond donors (Lipinski definition) is 1. The average molecular weight is 276 g/mol. The molecule has 0 fully saturated rings. The van der Waals surface area contributed by atoms with Crippen molar-refractivity contribution in [2.24, 2.45) is 5.73 Å². The Morgan fingerprint density at radius 3 is 2.53 bits per heavy atom. The number of methoxy groups -OCH3 is 1. The zero-order valence-electron chi connectivity index (χ0n) is 9.10. The highest BCUT2D eigenvalue weighted by molar-refractivity contribution is 9.10. The average Bonchev–Trinajstić information content (AvgIpc) is 2.08. The summed E-state index contributed by atoms with van der Waals surface area (Å²) in [7, 11) is 1.45. The van der Waals surface area contributed by atoms with Gasteiger partial charge in [-0.2, -0.15) is 0 Å². The normalized spacial score (nSPS) is 11.6. The lowest BCUT2D eigenvalue weighted by molar-refractivity contribution is 0.381. The molecule has 0 saturated heterocycles. The van der Waals surface area contributed by atoms with Crippen LogP contribution in [0.2, 0.25) is 0 Å².